The van der Waals surface area contributed by atoms with E-state index in [0.29, 0.717) is 19.4 Å². The van der Waals surface area contributed by atoms with Crippen LogP contribution in [0.25, 0.3) is 0 Å². The molecule has 4 atom stereocenters. The number of Topliss-reactive ketones (excluding diaryl/α,β-unsaturated/α-hetero) is 2. The smallest absolute Gasteiger partial charge is 0.272 e. The molecule has 2 saturated carbocycles. The summed E-state index contributed by atoms with van der Waals surface area (Å²) in [5.74, 6) is -2.39. The SMILES string of the molecule is CCC[C@H](NC(=O)[C@@H]1[C-](C)C2(CCCCC2)CN1C(=O)[C@@H](NC(=O)[C@@H](NC(=O)c1cnccn1)C1CCCCC1)C(C)(C)C)C(=O)C(C)=O.[Y]. The molecule has 4 amide bonds. The van der Waals surface area contributed by atoms with E-state index in [1.807, 2.05) is 34.6 Å². The largest absolute Gasteiger partial charge is 0.360 e. The normalized spacial score (nSPS) is 21.3. The van der Waals surface area contributed by atoms with Crippen LogP contribution in [0.4, 0.5) is 0 Å². The summed E-state index contributed by atoms with van der Waals surface area (Å²) in [7, 11) is 0. The van der Waals surface area contributed by atoms with E-state index in [4.69, 9.17) is 0 Å². The fourth-order valence-electron chi connectivity index (χ4n) is 7.99. The van der Waals surface area contributed by atoms with Crippen LogP contribution in [-0.4, -0.2) is 80.8 Å². The Balaban J connectivity index is 0.00000676. The Labute approximate surface area is 322 Å². The zero-order valence-electron chi connectivity index (χ0n) is 30.7. The Morgan fingerprint density at radius 2 is 1.60 bits per heavy atom. The van der Waals surface area contributed by atoms with E-state index < -0.39 is 64.8 Å². The van der Waals surface area contributed by atoms with Gasteiger partial charge in [-0.2, -0.15) is 6.92 Å². The third kappa shape index (κ3) is 9.84. The molecule has 3 N–H and O–H groups in total. The molecule has 0 aromatic carbocycles. The first kappa shape index (κ1) is 41.8. The van der Waals surface area contributed by atoms with Crippen molar-refractivity contribution < 1.29 is 61.5 Å². The third-order valence-electron chi connectivity index (χ3n) is 10.8. The van der Waals surface area contributed by atoms with Gasteiger partial charge in [0.2, 0.25) is 23.5 Å². The molecule has 2 heterocycles. The van der Waals surface area contributed by atoms with Crippen LogP contribution in [0.15, 0.2) is 18.6 Å². The van der Waals surface area contributed by atoms with Gasteiger partial charge in [-0.1, -0.05) is 85.5 Å². The van der Waals surface area contributed by atoms with E-state index in [1.54, 1.807) is 4.90 Å². The zero-order chi connectivity index (χ0) is 35.9. The summed E-state index contributed by atoms with van der Waals surface area (Å²) in [6.45, 7) is 10.9. The second-order valence-electron chi connectivity index (χ2n) is 15.4. The van der Waals surface area contributed by atoms with Crippen molar-refractivity contribution in [3.05, 3.63) is 30.2 Å². The maximum atomic E-state index is 14.8. The molecule has 0 bridgehead atoms. The minimum absolute atomic E-state index is 0. The van der Waals surface area contributed by atoms with Gasteiger partial charge in [-0.05, 0) is 43.2 Å². The molecule has 273 valence electrons. The van der Waals surface area contributed by atoms with Crippen LogP contribution in [-0.2, 0) is 56.7 Å². The van der Waals surface area contributed by atoms with Gasteiger partial charge in [-0.25, -0.2) is 4.98 Å². The van der Waals surface area contributed by atoms with E-state index >= 15 is 0 Å². The Bertz CT molecular complexity index is 1370. The van der Waals surface area contributed by atoms with Gasteiger partial charge >= 0.3 is 0 Å². The van der Waals surface area contributed by atoms with Crippen molar-refractivity contribution in [1.29, 1.82) is 0 Å². The number of rotatable bonds is 12. The summed E-state index contributed by atoms with van der Waals surface area (Å²) in [4.78, 5) is 90.8. The van der Waals surface area contributed by atoms with Crippen molar-refractivity contribution in [3.8, 4) is 0 Å². The van der Waals surface area contributed by atoms with Gasteiger partial charge in [0.1, 0.15) is 17.8 Å². The summed E-state index contributed by atoms with van der Waals surface area (Å²) in [6, 6.07) is -3.85. The van der Waals surface area contributed by atoms with E-state index in [0.717, 1.165) is 70.1 Å². The summed E-state index contributed by atoms with van der Waals surface area (Å²) in [5.41, 5.74) is -1.02. The molecule has 1 radical (unpaired) electrons. The van der Waals surface area contributed by atoms with Crippen molar-refractivity contribution in [2.45, 2.75) is 143 Å². The van der Waals surface area contributed by atoms with Crippen LogP contribution in [0.1, 0.15) is 129 Å². The van der Waals surface area contributed by atoms with Gasteiger partial charge in [-0.3, -0.25) is 39.7 Å². The maximum absolute atomic E-state index is 14.8. The molecular formula is C37H55N6O6Y-. The quantitative estimate of drug-likeness (QED) is 0.213. The summed E-state index contributed by atoms with van der Waals surface area (Å²) in [5, 5.41) is 8.75. The van der Waals surface area contributed by atoms with Gasteiger partial charge < -0.3 is 20.9 Å². The standard InChI is InChI=1S/C37H55N6O6.Y/c1-7-14-26(30(45)24(3)44)40-34(48)29-23(2)37(17-12-9-13-18-37)22-43(29)35(49)31(36(4,5)6)42-33(47)28(25-15-10-8-11-16-25)41-32(46)27-21-38-19-20-39-27;/h19-21,25-26,28-29,31H,7-18,22H2,1-6H3,(H,40,48)(H,41,46)(H,42,47);/q-1;/t26-,28-,29-,31+;/m0./s1. The Morgan fingerprint density at radius 3 is 2.16 bits per heavy atom. The van der Waals surface area contributed by atoms with Gasteiger partial charge in [0, 0.05) is 52.0 Å². The van der Waals surface area contributed by atoms with Gasteiger partial charge in [0.25, 0.3) is 5.91 Å². The first-order valence-corrected chi connectivity index (χ1v) is 18.1. The van der Waals surface area contributed by atoms with E-state index in [1.165, 1.54) is 25.5 Å². The van der Waals surface area contributed by atoms with Crippen molar-refractivity contribution in [3.63, 3.8) is 0 Å². The zero-order valence-corrected chi connectivity index (χ0v) is 33.5. The van der Waals surface area contributed by atoms with Crippen molar-refractivity contribution in [2.75, 3.05) is 6.54 Å². The number of nitrogens with one attached hydrogen (secondary N) is 3. The number of carbonyl (C=O) groups is 6. The molecule has 1 aromatic rings. The maximum Gasteiger partial charge on any atom is 0.272 e. The van der Waals surface area contributed by atoms with Crippen molar-refractivity contribution in [1.82, 2.24) is 30.8 Å². The molecule has 3 aliphatic rings. The van der Waals surface area contributed by atoms with Gasteiger partial charge in [0.15, 0.2) is 5.78 Å². The van der Waals surface area contributed by atoms with Crippen molar-refractivity contribution in [2.24, 2.45) is 16.7 Å². The second kappa shape index (κ2) is 18.2. The fraction of sp³-hybridized carbons (Fsp3) is 0.703. The molecule has 1 saturated heterocycles. The Morgan fingerprint density at radius 1 is 0.960 bits per heavy atom. The summed E-state index contributed by atoms with van der Waals surface area (Å²) < 4.78 is 0. The molecule has 1 aromatic heterocycles. The number of aromatic nitrogens is 2. The monoisotopic (exact) mass is 768 g/mol. The molecule has 12 nitrogen and oxygen atoms in total. The predicted octanol–water partition coefficient (Wildman–Crippen LogP) is 3.88. The minimum Gasteiger partial charge on any atom is -0.360 e. The summed E-state index contributed by atoms with van der Waals surface area (Å²) >= 11 is 0. The number of hydrogen-bond donors (Lipinski definition) is 3. The Kier molecular flexibility index (Phi) is 15.3. The van der Waals surface area contributed by atoms with Crippen molar-refractivity contribution >= 4 is 35.2 Å². The summed E-state index contributed by atoms with van der Waals surface area (Å²) in [6.07, 6.45) is 14.3. The van der Waals surface area contributed by atoms with E-state index in [9.17, 15) is 28.8 Å². The second-order valence-corrected chi connectivity index (χ2v) is 15.4. The van der Waals surface area contributed by atoms with Gasteiger partial charge in [-0.15, -0.1) is 5.41 Å². The van der Waals surface area contributed by atoms with Crippen LogP contribution in [0.3, 0.4) is 0 Å². The van der Waals surface area contributed by atoms with Crippen LogP contribution >= 0.6 is 0 Å². The molecule has 0 unspecified atom stereocenters. The number of amides is 4. The van der Waals surface area contributed by atoms with Gasteiger partial charge in [0.05, 0.1) is 12.2 Å². The van der Waals surface area contributed by atoms with E-state index in [-0.39, 0.29) is 49.7 Å². The topological polar surface area (TPSA) is 168 Å². The predicted molar refractivity (Wildman–Crippen MR) is 184 cm³/mol. The molecule has 3 fully saturated rings. The molecule has 13 heteroatoms. The number of hydrogen-bond acceptors (Lipinski definition) is 8. The number of likely N-dealkylation sites (tertiary alicyclic amines) is 1. The first-order chi connectivity index (χ1) is 23.2. The van der Waals surface area contributed by atoms with Crippen LogP contribution in [0, 0.1) is 22.7 Å². The number of ketones is 2. The molecule has 1 spiro atoms. The number of carbonyl (C=O) groups excluding carboxylic acids is 6. The molecule has 50 heavy (non-hydrogen) atoms. The van der Waals surface area contributed by atoms with E-state index in [2.05, 4.69) is 25.9 Å². The van der Waals surface area contributed by atoms with Crippen LogP contribution < -0.4 is 16.0 Å². The Hall–Kier alpha value is -2.60. The molecule has 1 aliphatic heterocycles. The number of nitrogens with zero attached hydrogens (tertiary/aromatic N) is 3. The average molecular weight is 769 g/mol. The molecule has 4 rings (SSSR count). The van der Waals surface area contributed by atoms with Crippen LogP contribution in [0.2, 0.25) is 0 Å². The third-order valence-corrected chi connectivity index (χ3v) is 10.8. The molecule has 2 aliphatic carbocycles. The fourth-order valence-corrected chi connectivity index (χ4v) is 7.99. The molecular weight excluding hydrogens is 713 g/mol. The first-order valence-electron chi connectivity index (χ1n) is 18.1. The minimum atomic E-state index is -1.02. The average Bonchev–Trinajstić information content (AvgIpc) is 3.36. The van der Waals surface area contributed by atoms with Crippen LogP contribution in [0.5, 0.6) is 0 Å².